The Kier molecular flexibility index (Phi) is 8.85. The van der Waals surface area contributed by atoms with Crippen molar-refractivity contribution >= 4 is 29.3 Å². The SMILES string of the molecule is COCCNC(=O)CSc1ccccc1C(=O)Nc1ccc(OCC#N)cc1. The van der Waals surface area contributed by atoms with E-state index < -0.39 is 0 Å². The summed E-state index contributed by atoms with van der Waals surface area (Å²) in [6.45, 7) is 0.872. The quantitative estimate of drug-likeness (QED) is 0.471. The van der Waals surface area contributed by atoms with Crippen molar-refractivity contribution in [2.45, 2.75) is 4.90 Å². The number of amides is 2. The minimum Gasteiger partial charge on any atom is -0.479 e. The smallest absolute Gasteiger partial charge is 0.256 e. The molecule has 0 aliphatic heterocycles. The molecule has 2 rings (SSSR count). The minimum absolute atomic E-state index is 0.0324. The van der Waals surface area contributed by atoms with Crippen LogP contribution < -0.4 is 15.4 Å². The summed E-state index contributed by atoms with van der Waals surface area (Å²) in [7, 11) is 1.57. The van der Waals surface area contributed by atoms with E-state index in [9.17, 15) is 9.59 Å². The fraction of sp³-hybridized carbons (Fsp3) is 0.250. The van der Waals surface area contributed by atoms with Crippen molar-refractivity contribution in [2.75, 3.05) is 37.9 Å². The van der Waals surface area contributed by atoms with Crippen LogP contribution >= 0.6 is 11.8 Å². The second-order valence-corrected chi connectivity index (χ2v) is 6.57. The van der Waals surface area contributed by atoms with Gasteiger partial charge in [-0.3, -0.25) is 9.59 Å². The molecule has 0 bridgehead atoms. The summed E-state index contributed by atoms with van der Waals surface area (Å²) in [6.07, 6.45) is 0. The van der Waals surface area contributed by atoms with Gasteiger partial charge in [0.15, 0.2) is 6.61 Å². The summed E-state index contributed by atoms with van der Waals surface area (Å²) in [5.74, 6) is 0.368. The molecule has 146 valence electrons. The Morgan fingerprint density at radius 3 is 2.61 bits per heavy atom. The van der Waals surface area contributed by atoms with Crippen molar-refractivity contribution in [1.82, 2.24) is 5.32 Å². The molecule has 0 saturated carbocycles. The van der Waals surface area contributed by atoms with Gasteiger partial charge in [-0.25, -0.2) is 0 Å². The molecule has 7 nitrogen and oxygen atoms in total. The number of anilines is 1. The zero-order valence-electron chi connectivity index (χ0n) is 15.4. The van der Waals surface area contributed by atoms with Crippen molar-refractivity contribution in [3.63, 3.8) is 0 Å². The maximum Gasteiger partial charge on any atom is 0.256 e. The Morgan fingerprint density at radius 1 is 1.14 bits per heavy atom. The van der Waals surface area contributed by atoms with Gasteiger partial charge in [-0.1, -0.05) is 12.1 Å². The van der Waals surface area contributed by atoms with Crippen LogP contribution in [0.15, 0.2) is 53.4 Å². The molecule has 2 N–H and O–H groups in total. The van der Waals surface area contributed by atoms with Crippen molar-refractivity contribution in [3.8, 4) is 11.8 Å². The largest absolute Gasteiger partial charge is 0.479 e. The average molecular weight is 399 g/mol. The number of ether oxygens (including phenoxy) is 2. The topological polar surface area (TPSA) is 100 Å². The van der Waals surface area contributed by atoms with Crippen LogP contribution in [0.3, 0.4) is 0 Å². The zero-order valence-corrected chi connectivity index (χ0v) is 16.3. The van der Waals surface area contributed by atoms with Crippen LogP contribution in [0.2, 0.25) is 0 Å². The number of methoxy groups -OCH3 is 1. The molecule has 2 aromatic carbocycles. The maximum atomic E-state index is 12.6. The maximum absolute atomic E-state index is 12.6. The number of rotatable bonds is 10. The van der Waals surface area contributed by atoms with Crippen LogP contribution in [0.5, 0.6) is 5.75 Å². The van der Waals surface area contributed by atoms with Gasteiger partial charge in [0.2, 0.25) is 5.91 Å². The molecule has 0 aromatic heterocycles. The molecule has 28 heavy (non-hydrogen) atoms. The molecular formula is C20H21N3O4S. The van der Waals surface area contributed by atoms with Gasteiger partial charge in [-0.2, -0.15) is 5.26 Å². The van der Waals surface area contributed by atoms with Gasteiger partial charge < -0.3 is 20.1 Å². The summed E-state index contributed by atoms with van der Waals surface area (Å²) in [5, 5.41) is 14.1. The second kappa shape index (κ2) is 11.6. The molecule has 0 radical (unpaired) electrons. The molecule has 0 atom stereocenters. The van der Waals surface area contributed by atoms with E-state index in [0.717, 1.165) is 4.90 Å². The van der Waals surface area contributed by atoms with E-state index in [1.54, 1.807) is 49.6 Å². The van der Waals surface area contributed by atoms with E-state index in [1.807, 2.05) is 12.1 Å². The molecule has 8 heteroatoms. The summed E-state index contributed by atoms with van der Waals surface area (Å²) >= 11 is 1.30. The predicted molar refractivity (Wildman–Crippen MR) is 108 cm³/mol. The molecular weight excluding hydrogens is 378 g/mol. The third-order valence-corrected chi connectivity index (χ3v) is 4.61. The first-order chi connectivity index (χ1) is 13.6. The monoisotopic (exact) mass is 399 g/mol. The molecule has 0 aliphatic rings. The van der Waals surface area contributed by atoms with Crippen molar-refractivity contribution in [1.29, 1.82) is 5.26 Å². The lowest BCUT2D eigenvalue weighted by Crippen LogP contribution is -2.28. The van der Waals surface area contributed by atoms with E-state index in [-0.39, 0.29) is 24.2 Å². The number of benzene rings is 2. The first-order valence-corrected chi connectivity index (χ1v) is 9.51. The van der Waals surface area contributed by atoms with Gasteiger partial charge in [0.25, 0.3) is 5.91 Å². The van der Waals surface area contributed by atoms with E-state index in [2.05, 4.69) is 10.6 Å². The van der Waals surface area contributed by atoms with Gasteiger partial charge in [0.05, 0.1) is 17.9 Å². The molecule has 0 fully saturated rings. The summed E-state index contributed by atoms with van der Waals surface area (Å²) in [6, 6.07) is 15.8. The molecule has 0 aliphatic carbocycles. The van der Waals surface area contributed by atoms with Crippen molar-refractivity contribution in [2.24, 2.45) is 0 Å². The number of thioether (sulfide) groups is 1. The number of nitrogens with one attached hydrogen (secondary N) is 2. The van der Waals surface area contributed by atoms with E-state index in [0.29, 0.717) is 30.2 Å². The number of nitriles is 1. The van der Waals surface area contributed by atoms with Crippen LogP contribution in [0.25, 0.3) is 0 Å². The van der Waals surface area contributed by atoms with Gasteiger partial charge >= 0.3 is 0 Å². The molecule has 0 heterocycles. The molecule has 0 spiro atoms. The Balaban J connectivity index is 1.96. The predicted octanol–water partition coefficient (Wildman–Crippen LogP) is 2.70. The number of carbonyl (C=O) groups is 2. The average Bonchev–Trinajstić information content (AvgIpc) is 2.72. The number of hydrogen-bond acceptors (Lipinski definition) is 6. The molecule has 0 unspecified atom stereocenters. The van der Waals surface area contributed by atoms with Crippen LogP contribution in [0, 0.1) is 11.3 Å². The Bertz CT molecular complexity index is 834. The lowest BCUT2D eigenvalue weighted by atomic mass is 10.2. The summed E-state index contributed by atoms with van der Waals surface area (Å²) in [4.78, 5) is 25.2. The number of hydrogen-bond donors (Lipinski definition) is 2. The third kappa shape index (κ3) is 6.95. The van der Waals surface area contributed by atoms with Crippen molar-refractivity contribution in [3.05, 3.63) is 54.1 Å². The lowest BCUT2D eigenvalue weighted by Gasteiger charge is -2.11. The lowest BCUT2D eigenvalue weighted by molar-refractivity contribution is -0.118. The van der Waals surface area contributed by atoms with E-state index in [4.69, 9.17) is 14.7 Å². The summed E-state index contributed by atoms with van der Waals surface area (Å²) < 4.78 is 10.1. The first kappa shape index (κ1) is 21.3. The Morgan fingerprint density at radius 2 is 1.89 bits per heavy atom. The highest BCUT2D eigenvalue weighted by Gasteiger charge is 2.13. The van der Waals surface area contributed by atoms with Crippen molar-refractivity contribution < 1.29 is 19.1 Å². The fourth-order valence-electron chi connectivity index (χ4n) is 2.22. The standard InChI is InChI=1S/C20H21N3O4S/c1-26-13-11-22-19(24)14-28-18-5-3-2-4-17(18)20(25)23-15-6-8-16(9-7-15)27-12-10-21/h2-9H,11-14H2,1H3,(H,22,24)(H,23,25). The van der Waals surface area contributed by atoms with Gasteiger partial charge in [-0.05, 0) is 36.4 Å². The van der Waals surface area contributed by atoms with E-state index in [1.165, 1.54) is 11.8 Å². The van der Waals surface area contributed by atoms with Gasteiger partial charge in [0, 0.05) is 24.2 Å². The van der Waals surface area contributed by atoms with Crippen LogP contribution in [0.1, 0.15) is 10.4 Å². The Labute approximate surface area is 168 Å². The normalized spacial score (nSPS) is 10.0. The van der Waals surface area contributed by atoms with Gasteiger partial charge in [-0.15, -0.1) is 11.8 Å². The summed E-state index contributed by atoms with van der Waals surface area (Å²) in [5.41, 5.74) is 1.09. The highest BCUT2D eigenvalue weighted by Crippen LogP contribution is 2.24. The molecule has 0 saturated heterocycles. The van der Waals surface area contributed by atoms with Crippen LogP contribution in [-0.2, 0) is 9.53 Å². The highest BCUT2D eigenvalue weighted by atomic mass is 32.2. The second-order valence-electron chi connectivity index (χ2n) is 5.55. The molecule has 2 amide bonds. The highest BCUT2D eigenvalue weighted by molar-refractivity contribution is 8.00. The molecule has 2 aromatic rings. The zero-order chi connectivity index (χ0) is 20.2. The Hall–Kier alpha value is -3.02. The van der Waals surface area contributed by atoms with Crippen LogP contribution in [-0.4, -0.2) is 44.4 Å². The third-order valence-electron chi connectivity index (χ3n) is 3.53. The fourth-order valence-corrected chi connectivity index (χ4v) is 3.10. The number of nitrogens with zero attached hydrogens (tertiary/aromatic N) is 1. The minimum atomic E-state index is -0.270. The number of carbonyl (C=O) groups excluding carboxylic acids is 2. The van der Waals surface area contributed by atoms with Gasteiger partial charge in [0.1, 0.15) is 11.8 Å². The van der Waals surface area contributed by atoms with E-state index >= 15 is 0 Å². The first-order valence-electron chi connectivity index (χ1n) is 8.52. The van der Waals surface area contributed by atoms with Crippen LogP contribution in [0.4, 0.5) is 5.69 Å².